The molecule has 4 N–H and O–H groups in total. The van der Waals surface area contributed by atoms with Crippen molar-refractivity contribution in [1.29, 1.82) is 0 Å². The molecule has 0 radical (unpaired) electrons. The number of carbonyl (C=O) groups is 4. The normalized spacial score (nSPS) is 11.2. The number of hydrogen-bond acceptors (Lipinski definition) is 6. The minimum absolute atomic E-state index is 0.200. The van der Waals surface area contributed by atoms with Crippen LogP contribution in [0, 0.1) is 27.7 Å². The molecule has 0 aliphatic rings. The number of aryl methyl sites for hydroxylation is 4. The summed E-state index contributed by atoms with van der Waals surface area (Å²) >= 11 is 0. The fraction of sp³-hybridized carbons (Fsp3) is 0.200. The summed E-state index contributed by atoms with van der Waals surface area (Å²) in [5.41, 5.74) is 3.27. The van der Waals surface area contributed by atoms with E-state index in [-0.39, 0.29) is 33.8 Å². The number of carboxylic acids is 4. The number of ether oxygens (including phenoxy) is 2. The summed E-state index contributed by atoms with van der Waals surface area (Å²) in [6, 6.07) is 15.6. The lowest BCUT2D eigenvalue weighted by Gasteiger charge is -2.29. The van der Waals surface area contributed by atoms with Crippen molar-refractivity contribution in [2.75, 3.05) is 0 Å². The van der Waals surface area contributed by atoms with Gasteiger partial charge >= 0.3 is 23.9 Å². The Hall–Kier alpha value is -5.64. The fourth-order valence-corrected chi connectivity index (χ4v) is 5.25. The van der Waals surface area contributed by atoms with Crippen LogP contribution in [-0.4, -0.2) is 44.3 Å². The van der Waals surface area contributed by atoms with Gasteiger partial charge in [0.25, 0.3) is 0 Å². The zero-order valence-electron chi connectivity index (χ0n) is 25.5. The Balaban J connectivity index is 1.65. The lowest BCUT2D eigenvalue weighted by Crippen LogP contribution is -2.20. The molecule has 45 heavy (non-hydrogen) atoms. The standard InChI is InChI=1S/C35H32O10/c1-17-11-21(12-18(2)29(17)44-23-7-9-25(31(36)37)27(15-23)33(40)41)35(5,6)22-13-19(3)30(20(4)14-22)45-24-8-10-26(32(38)39)28(16-24)34(42)43/h7-16H,1-6H3,(H,36,37)(H,38,39)(H,40,41)(H,42,43). The van der Waals surface area contributed by atoms with E-state index in [2.05, 4.69) is 13.8 Å². The summed E-state index contributed by atoms with van der Waals surface area (Å²) in [7, 11) is 0. The van der Waals surface area contributed by atoms with Crippen LogP contribution in [0.1, 0.15) is 88.7 Å². The van der Waals surface area contributed by atoms with Crippen LogP contribution in [0.3, 0.4) is 0 Å². The zero-order chi connectivity index (χ0) is 33.4. The van der Waals surface area contributed by atoms with E-state index in [1.165, 1.54) is 36.4 Å². The van der Waals surface area contributed by atoms with Crippen LogP contribution in [-0.2, 0) is 5.41 Å². The summed E-state index contributed by atoms with van der Waals surface area (Å²) in [6.07, 6.45) is 0. The van der Waals surface area contributed by atoms with E-state index < -0.39 is 29.3 Å². The highest BCUT2D eigenvalue weighted by molar-refractivity contribution is 6.02. The molecule has 0 bridgehead atoms. The second kappa shape index (κ2) is 12.2. The molecule has 10 nitrogen and oxygen atoms in total. The van der Waals surface area contributed by atoms with Gasteiger partial charge in [0.15, 0.2) is 0 Å². The van der Waals surface area contributed by atoms with Crippen LogP contribution in [0.25, 0.3) is 0 Å². The second-order valence-corrected chi connectivity index (χ2v) is 11.3. The monoisotopic (exact) mass is 612 g/mol. The molecule has 0 unspecified atom stereocenters. The van der Waals surface area contributed by atoms with Gasteiger partial charge in [0.05, 0.1) is 22.3 Å². The minimum Gasteiger partial charge on any atom is -0.478 e. The van der Waals surface area contributed by atoms with Crippen molar-refractivity contribution in [3.05, 3.63) is 116 Å². The number of rotatable bonds is 10. The molecule has 4 aromatic rings. The third-order valence-corrected chi connectivity index (χ3v) is 7.71. The first-order valence-electron chi connectivity index (χ1n) is 13.8. The van der Waals surface area contributed by atoms with E-state index in [9.17, 15) is 39.6 Å². The van der Waals surface area contributed by atoms with Crippen LogP contribution in [0.5, 0.6) is 23.0 Å². The first-order valence-corrected chi connectivity index (χ1v) is 13.8. The molecule has 4 rings (SSSR count). The quantitative estimate of drug-likeness (QED) is 0.140. The van der Waals surface area contributed by atoms with Gasteiger partial charge < -0.3 is 29.9 Å². The molecule has 0 amide bonds. The maximum Gasteiger partial charge on any atom is 0.336 e. The summed E-state index contributed by atoms with van der Waals surface area (Å²) in [5.74, 6) is -3.97. The van der Waals surface area contributed by atoms with Crippen molar-refractivity contribution in [3.63, 3.8) is 0 Å². The van der Waals surface area contributed by atoms with E-state index in [0.717, 1.165) is 33.4 Å². The molecule has 232 valence electrons. The molecule has 0 saturated heterocycles. The molecule has 4 aromatic carbocycles. The van der Waals surface area contributed by atoms with Crippen molar-refractivity contribution in [3.8, 4) is 23.0 Å². The van der Waals surface area contributed by atoms with Crippen LogP contribution in [0.4, 0.5) is 0 Å². The average Bonchev–Trinajstić information content (AvgIpc) is 2.96. The van der Waals surface area contributed by atoms with E-state index in [1.54, 1.807) is 0 Å². The molecular weight excluding hydrogens is 580 g/mol. The largest absolute Gasteiger partial charge is 0.478 e. The highest BCUT2D eigenvalue weighted by Gasteiger charge is 2.27. The summed E-state index contributed by atoms with van der Waals surface area (Å²) in [4.78, 5) is 46.1. The molecule has 0 aliphatic heterocycles. The van der Waals surface area contributed by atoms with Gasteiger partial charge in [-0.25, -0.2) is 19.2 Å². The maximum absolute atomic E-state index is 11.6. The second-order valence-electron chi connectivity index (χ2n) is 11.3. The van der Waals surface area contributed by atoms with Crippen LogP contribution < -0.4 is 9.47 Å². The van der Waals surface area contributed by atoms with Crippen molar-refractivity contribution in [2.45, 2.75) is 47.0 Å². The van der Waals surface area contributed by atoms with Gasteiger partial charge in [0.1, 0.15) is 23.0 Å². The van der Waals surface area contributed by atoms with Crippen molar-refractivity contribution in [1.82, 2.24) is 0 Å². The summed E-state index contributed by atoms with van der Waals surface area (Å²) in [6.45, 7) is 11.6. The van der Waals surface area contributed by atoms with Crippen molar-refractivity contribution >= 4 is 23.9 Å². The highest BCUT2D eigenvalue weighted by atomic mass is 16.5. The van der Waals surface area contributed by atoms with Gasteiger partial charge in [0, 0.05) is 5.41 Å². The Kier molecular flexibility index (Phi) is 8.72. The molecule has 0 saturated carbocycles. The number of hydrogen-bond donors (Lipinski definition) is 4. The van der Waals surface area contributed by atoms with E-state index in [0.29, 0.717) is 11.5 Å². The molecule has 0 aliphatic carbocycles. The van der Waals surface area contributed by atoms with E-state index in [1.807, 2.05) is 52.0 Å². The molecule has 0 heterocycles. The Morgan fingerprint density at radius 2 is 0.778 bits per heavy atom. The average molecular weight is 613 g/mol. The van der Waals surface area contributed by atoms with Gasteiger partial charge in [-0.2, -0.15) is 0 Å². The number of aromatic carboxylic acids is 4. The fourth-order valence-electron chi connectivity index (χ4n) is 5.25. The van der Waals surface area contributed by atoms with E-state index >= 15 is 0 Å². The van der Waals surface area contributed by atoms with Crippen LogP contribution in [0.2, 0.25) is 0 Å². The molecule has 0 spiro atoms. The zero-order valence-corrected chi connectivity index (χ0v) is 25.5. The topological polar surface area (TPSA) is 168 Å². The smallest absolute Gasteiger partial charge is 0.336 e. The number of carboxylic acid groups (broad SMARTS) is 4. The third kappa shape index (κ3) is 6.50. The lowest BCUT2D eigenvalue weighted by molar-refractivity contribution is 0.0651. The molecule has 10 heteroatoms. The number of benzene rings is 4. The van der Waals surface area contributed by atoms with Crippen LogP contribution in [0.15, 0.2) is 60.7 Å². The Morgan fingerprint density at radius 1 is 0.489 bits per heavy atom. The molecule has 0 fully saturated rings. The van der Waals surface area contributed by atoms with Gasteiger partial charge in [-0.1, -0.05) is 38.1 Å². The lowest BCUT2D eigenvalue weighted by atomic mass is 9.76. The van der Waals surface area contributed by atoms with Crippen LogP contribution >= 0.6 is 0 Å². The van der Waals surface area contributed by atoms with E-state index in [4.69, 9.17) is 9.47 Å². The predicted octanol–water partition coefficient (Wildman–Crippen LogP) is 7.62. The molecular formula is C35H32O10. The Labute approximate surface area is 259 Å². The Morgan fingerprint density at radius 3 is 1.04 bits per heavy atom. The third-order valence-electron chi connectivity index (χ3n) is 7.71. The first kappa shape index (κ1) is 32.3. The first-order chi connectivity index (χ1) is 21.0. The van der Waals surface area contributed by atoms with Gasteiger partial charge in [0.2, 0.25) is 0 Å². The SMILES string of the molecule is Cc1cc(C(C)(C)c2cc(C)c(Oc3ccc(C(=O)O)c(C(=O)O)c3)c(C)c2)cc(C)c1Oc1ccc(C(=O)O)c(C(=O)O)c1. The van der Waals surface area contributed by atoms with Crippen molar-refractivity contribution < 1.29 is 49.1 Å². The summed E-state index contributed by atoms with van der Waals surface area (Å²) < 4.78 is 12.1. The van der Waals surface area contributed by atoms with Gasteiger partial charge in [-0.3, -0.25) is 0 Å². The summed E-state index contributed by atoms with van der Waals surface area (Å²) in [5, 5.41) is 37.5. The maximum atomic E-state index is 11.6. The van der Waals surface area contributed by atoms with Crippen molar-refractivity contribution in [2.24, 2.45) is 0 Å². The highest BCUT2D eigenvalue weighted by Crippen LogP contribution is 2.40. The molecule has 0 aromatic heterocycles. The molecule has 0 atom stereocenters. The van der Waals surface area contributed by atoms with Gasteiger partial charge in [-0.05, 0) is 97.5 Å². The predicted molar refractivity (Wildman–Crippen MR) is 165 cm³/mol. The van der Waals surface area contributed by atoms with Gasteiger partial charge in [-0.15, -0.1) is 0 Å². The Bertz CT molecular complexity index is 1700. The minimum atomic E-state index is -1.37.